The molecule has 1 fully saturated rings. The van der Waals surface area contributed by atoms with Crippen molar-refractivity contribution < 1.29 is 30.8 Å². The Morgan fingerprint density at radius 2 is 2.02 bits per heavy atom. The van der Waals surface area contributed by atoms with Crippen molar-refractivity contribution in [1.82, 2.24) is 20.0 Å². The molecule has 10 nitrogen and oxygen atoms in total. The smallest absolute Gasteiger partial charge is 0.261 e. The molecule has 0 aliphatic carbocycles. The predicted molar refractivity (Wildman–Crippen MR) is 141 cm³/mol. The summed E-state index contributed by atoms with van der Waals surface area (Å²) in [5.74, 6) is -4.63. The van der Waals surface area contributed by atoms with Gasteiger partial charge in [0.15, 0.2) is 9.84 Å². The monoisotopic (exact) mass is 580 g/mol. The van der Waals surface area contributed by atoms with Gasteiger partial charge >= 0.3 is 0 Å². The van der Waals surface area contributed by atoms with Crippen molar-refractivity contribution in [2.75, 3.05) is 37.3 Å². The van der Waals surface area contributed by atoms with Gasteiger partial charge in [-0.25, -0.2) is 26.6 Å². The molecule has 14 heteroatoms. The number of fused-ring (bicyclic) bond motifs is 1. The number of hydrogen-bond donors (Lipinski definition) is 1. The molecule has 0 spiro atoms. The van der Waals surface area contributed by atoms with Crippen LogP contribution < -0.4 is 15.4 Å². The van der Waals surface area contributed by atoms with Gasteiger partial charge in [-0.1, -0.05) is 11.2 Å². The van der Waals surface area contributed by atoms with Gasteiger partial charge in [-0.15, -0.1) is 0 Å². The predicted octanol–water partition coefficient (Wildman–Crippen LogP) is 3.23. The molecule has 2 aliphatic rings. The SMILES string of the molecule is CC(C)Oc1ccc(CN2C[C@@H](N)CS(=O)(=O)c3cc(F)c(-c4noc(C5CN(C)CC(F)(F)C5)n4)cc32)cn1. The molecule has 0 amide bonds. The van der Waals surface area contributed by atoms with E-state index in [0.29, 0.717) is 5.88 Å². The van der Waals surface area contributed by atoms with Gasteiger partial charge in [0.25, 0.3) is 5.92 Å². The molecule has 1 saturated heterocycles. The molecular formula is C26H31F3N6O4S. The van der Waals surface area contributed by atoms with E-state index in [2.05, 4.69) is 15.1 Å². The number of piperidine rings is 1. The van der Waals surface area contributed by atoms with Crippen molar-refractivity contribution in [2.24, 2.45) is 5.73 Å². The Balaban J connectivity index is 1.50. The molecule has 0 saturated carbocycles. The van der Waals surface area contributed by atoms with Gasteiger partial charge in [0, 0.05) is 44.4 Å². The topological polar surface area (TPSA) is 128 Å². The second-order valence-electron chi connectivity index (χ2n) is 10.8. The van der Waals surface area contributed by atoms with Gasteiger partial charge in [0.1, 0.15) is 5.82 Å². The van der Waals surface area contributed by atoms with Gasteiger partial charge < -0.3 is 19.9 Å². The first-order valence-electron chi connectivity index (χ1n) is 12.9. The minimum Gasteiger partial charge on any atom is -0.475 e. The van der Waals surface area contributed by atoms with E-state index in [4.69, 9.17) is 15.0 Å². The lowest BCUT2D eigenvalue weighted by Gasteiger charge is -2.33. The Hall–Kier alpha value is -3.23. The summed E-state index contributed by atoms with van der Waals surface area (Å²) in [6, 6.07) is 5.07. The Morgan fingerprint density at radius 1 is 1.25 bits per heavy atom. The number of rotatable bonds is 6. The van der Waals surface area contributed by atoms with Crippen molar-refractivity contribution >= 4 is 15.5 Å². The average molecular weight is 581 g/mol. The highest BCUT2D eigenvalue weighted by Gasteiger charge is 2.42. The largest absolute Gasteiger partial charge is 0.475 e. The normalized spacial score (nSPS) is 22.6. The molecule has 2 aliphatic heterocycles. The third-order valence-electron chi connectivity index (χ3n) is 6.75. The molecule has 0 radical (unpaired) electrons. The third kappa shape index (κ3) is 6.08. The molecule has 2 atom stereocenters. The number of anilines is 1. The first-order valence-corrected chi connectivity index (χ1v) is 14.5. The fourth-order valence-electron chi connectivity index (χ4n) is 5.20. The number of nitrogens with two attached hydrogens (primary N) is 1. The lowest BCUT2D eigenvalue weighted by molar-refractivity contribution is -0.0683. The Bertz CT molecular complexity index is 1480. The number of likely N-dealkylation sites (N-methyl/N-ethyl adjacent to an activating group) is 1. The van der Waals surface area contributed by atoms with Crippen molar-refractivity contribution in [3.63, 3.8) is 0 Å². The fraction of sp³-hybridized carbons (Fsp3) is 0.500. The van der Waals surface area contributed by atoms with E-state index in [1.807, 2.05) is 19.9 Å². The first kappa shape index (κ1) is 28.3. The van der Waals surface area contributed by atoms with Gasteiger partial charge in [-0.3, -0.25) is 4.90 Å². The Kier molecular flexibility index (Phi) is 7.52. The van der Waals surface area contributed by atoms with Crippen LogP contribution in [0.15, 0.2) is 39.9 Å². The highest BCUT2D eigenvalue weighted by atomic mass is 32.2. The Morgan fingerprint density at radius 3 is 2.70 bits per heavy atom. The summed E-state index contributed by atoms with van der Waals surface area (Å²) in [5, 5.41) is 3.86. The highest BCUT2D eigenvalue weighted by Crippen LogP contribution is 2.38. The maximum Gasteiger partial charge on any atom is 0.261 e. The molecular weight excluding hydrogens is 549 g/mol. The number of sulfone groups is 1. The van der Waals surface area contributed by atoms with E-state index in [1.165, 1.54) is 11.0 Å². The zero-order chi connectivity index (χ0) is 28.8. The van der Waals surface area contributed by atoms with E-state index in [1.54, 1.807) is 24.2 Å². The number of pyridine rings is 1. The van der Waals surface area contributed by atoms with Crippen LogP contribution in [0.2, 0.25) is 0 Å². The van der Waals surface area contributed by atoms with Crippen LogP contribution in [0.1, 0.15) is 37.6 Å². The van der Waals surface area contributed by atoms with Crippen molar-refractivity contribution in [3.05, 3.63) is 47.7 Å². The number of aromatic nitrogens is 3. The van der Waals surface area contributed by atoms with E-state index in [9.17, 15) is 17.2 Å². The van der Waals surface area contributed by atoms with Crippen LogP contribution in [0.25, 0.3) is 11.4 Å². The summed E-state index contributed by atoms with van der Waals surface area (Å²) in [5.41, 5.74) is 7.03. The van der Waals surface area contributed by atoms with Crippen molar-refractivity contribution in [2.45, 2.75) is 55.7 Å². The quantitative estimate of drug-likeness (QED) is 0.464. The van der Waals surface area contributed by atoms with Gasteiger partial charge in [-0.2, -0.15) is 4.98 Å². The van der Waals surface area contributed by atoms with Crippen LogP contribution in [0.4, 0.5) is 18.9 Å². The number of alkyl halides is 2. The van der Waals surface area contributed by atoms with Gasteiger partial charge in [0.2, 0.25) is 17.6 Å². The fourth-order valence-corrected chi connectivity index (χ4v) is 6.84. The molecule has 216 valence electrons. The maximum atomic E-state index is 15.4. The van der Waals surface area contributed by atoms with Crippen LogP contribution >= 0.6 is 0 Å². The summed E-state index contributed by atoms with van der Waals surface area (Å²) in [6.45, 7) is 4.08. The van der Waals surface area contributed by atoms with Crippen LogP contribution in [0.5, 0.6) is 5.88 Å². The van der Waals surface area contributed by atoms with Crippen molar-refractivity contribution in [1.29, 1.82) is 0 Å². The molecule has 1 unspecified atom stereocenters. The van der Waals surface area contributed by atoms with Crippen LogP contribution in [-0.4, -0.2) is 78.9 Å². The molecule has 1 aromatic carbocycles. The summed E-state index contributed by atoms with van der Waals surface area (Å²) >= 11 is 0. The van der Waals surface area contributed by atoms with E-state index < -0.39 is 40.0 Å². The average Bonchev–Trinajstić information content (AvgIpc) is 3.30. The summed E-state index contributed by atoms with van der Waals surface area (Å²) in [4.78, 5) is 11.6. The molecule has 0 bridgehead atoms. The van der Waals surface area contributed by atoms with E-state index in [-0.39, 0.29) is 65.9 Å². The van der Waals surface area contributed by atoms with Crippen LogP contribution in [-0.2, 0) is 16.4 Å². The molecule has 3 aromatic rings. The number of halogens is 3. The van der Waals surface area contributed by atoms with E-state index in [0.717, 1.165) is 11.6 Å². The molecule has 4 heterocycles. The maximum absolute atomic E-state index is 15.4. The molecule has 2 N–H and O–H groups in total. The summed E-state index contributed by atoms with van der Waals surface area (Å²) in [6.07, 6.45) is 1.10. The molecule has 2 aromatic heterocycles. The lowest BCUT2D eigenvalue weighted by atomic mass is 9.95. The number of likely N-dealkylation sites (tertiary alicyclic amines) is 1. The van der Waals surface area contributed by atoms with Crippen molar-refractivity contribution in [3.8, 4) is 17.3 Å². The van der Waals surface area contributed by atoms with Crippen LogP contribution in [0, 0.1) is 5.82 Å². The number of nitrogens with zero attached hydrogens (tertiary/aromatic N) is 5. The highest BCUT2D eigenvalue weighted by molar-refractivity contribution is 7.91. The van der Waals surface area contributed by atoms with E-state index >= 15 is 4.39 Å². The number of hydrogen-bond acceptors (Lipinski definition) is 10. The molecule has 5 rings (SSSR count). The second-order valence-corrected chi connectivity index (χ2v) is 12.8. The summed E-state index contributed by atoms with van der Waals surface area (Å²) < 4.78 is 80.8. The molecule has 40 heavy (non-hydrogen) atoms. The minimum atomic E-state index is -3.92. The summed E-state index contributed by atoms with van der Waals surface area (Å²) in [7, 11) is -2.35. The number of ether oxygens (including phenoxy) is 1. The zero-order valence-electron chi connectivity index (χ0n) is 22.3. The Labute approximate surface area is 230 Å². The second kappa shape index (κ2) is 10.6. The lowest BCUT2D eigenvalue weighted by Crippen LogP contribution is -2.44. The first-order chi connectivity index (χ1) is 18.8. The minimum absolute atomic E-state index is 0.0307. The zero-order valence-corrected chi connectivity index (χ0v) is 23.2. The van der Waals surface area contributed by atoms with Crippen LogP contribution in [0.3, 0.4) is 0 Å². The number of benzene rings is 1. The van der Waals surface area contributed by atoms with Gasteiger partial charge in [-0.05, 0) is 38.6 Å². The van der Waals surface area contributed by atoms with Gasteiger partial charge in [0.05, 0.1) is 40.5 Å². The third-order valence-corrected chi connectivity index (χ3v) is 8.61. The standard InChI is InChI=1S/C26H31F3N6O4S/c1-15(2)38-23-5-4-16(9-31-23)10-35-12-18(30)13-40(36,37)22-7-20(27)19(6-21(22)35)24-32-25(39-33-24)17-8-26(28,29)14-34(3)11-17/h4-7,9,15,17-18H,8,10-14,30H2,1-3H3/t17?,18-/m1/s1.